The Balaban J connectivity index is 2.30. The van der Waals surface area contributed by atoms with Gasteiger partial charge in [-0.05, 0) is 28.8 Å². The molecule has 1 saturated carbocycles. The van der Waals surface area contributed by atoms with Crippen molar-refractivity contribution in [2.45, 2.75) is 31.2 Å². The molecular formula is C11H16BrN3O2. The summed E-state index contributed by atoms with van der Waals surface area (Å²) in [4.78, 5) is 11.7. The minimum Gasteiger partial charge on any atom is -0.394 e. The number of nitrogens with one attached hydrogen (secondary N) is 1. The highest BCUT2D eigenvalue weighted by Gasteiger charge is 2.33. The standard InChI is InChI=1S/C11H16BrN3O2/c1-15-10(17)9(12)8(6-13-15)14-11(7-16)4-2-3-5-11/h6,14,16H,2-5,7H2,1H3. The fourth-order valence-corrected chi connectivity index (χ4v) is 2.72. The van der Waals surface area contributed by atoms with Crippen LogP contribution in [0.2, 0.25) is 0 Å². The van der Waals surface area contributed by atoms with E-state index in [0.717, 1.165) is 25.7 Å². The molecule has 0 bridgehead atoms. The Labute approximate surface area is 108 Å². The fraction of sp³-hybridized carbons (Fsp3) is 0.636. The van der Waals surface area contributed by atoms with Crippen LogP contribution >= 0.6 is 15.9 Å². The van der Waals surface area contributed by atoms with Crippen LogP contribution in [0.15, 0.2) is 15.5 Å². The summed E-state index contributed by atoms with van der Waals surface area (Å²) in [7, 11) is 1.61. The Morgan fingerprint density at radius 3 is 2.82 bits per heavy atom. The summed E-state index contributed by atoms with van der Waals surface area (Å²) in [6.07, 6.45) is 5.66. The molecule has 1 aromatic rings. The van der Waals surface area contributed by atoms with Crippen molar-refractivity contribution in [1.82, 2.24) is 9.78 Å². The van der Waals surface area contributed by atoms with Crippen molar-refractivity contribution in [2.24, 2.45) is 7.05 Å². The molecule has 0 unspecified atom stereocenters. The van der Waals surface area contributed by atoms with Gasteiger partial charge in [-0.15, -0.1) is 0 Å². The second-order valence-corrected chi connectivity index (χ2v) is 5.36. The zero-order valence-corrected chi connectivity index (χ0v) is 11.3. The smallest absolute Gasteiger partial charge is 0.282 e. The van der Waals surface area contributed by atoms with E-state index in [1.54, 1.807) is 13.2 Å². The van der Waals surface area contributed by atoms with Gasteiger partial charge in [0.1, 0.15) is 4.47 Å². The third kappa shape index (κ3) is 2.37. The number of aryl methyl sites for hydroxylation is 1. The molecule has 1 fully saturated rings. The number of rotatable bonds is 3. The van der Waals surface area contributed by atoms with E-state index in [1.807, 2.05) is 0 Å². The van der Waals surface area contributed by atoms with Gasteiger partial charge in [-0.1, -0.05) is 12.8 Å². The predicted octanol–water partition coefficient (Wildman–Crippen LogP) is 1.26. The number of halogens is 1. The topological polar surface area (TPSA) is 67.2 Å². The van der Waals surface area contributed by atoms with Crippen molar-refractivity contribution in [1.29, 1.82) is 0 Å². The van der Waals surface area contributed by atoms with E-state index in [0.29, 0.717) is 10.2 Å². The van der Waals surface area contributed by atoms with Gasteiger partial charge in [0.2, 0.25) is 0 Å². The van der Waals surface area contributed by atoms with Crippen molar-refractivity contribution >= 4 is 21.6 Å². The maximum Gasteiger partial charge on any atom is 0.282 e. The van der Waals surface area contributed by atoms with Gasteiger partial charge in [-0.25, -0.2) is 4.68 Å². The molecule has 0 saturated heterocycles. The lowest BCUT2D eigenvalue weighted by atomic mass is 9.99. The van der Waals surface area contributed by atoms with E-state index in [9.17, 15) is 9.90 Å². The number of aromatic nitrogens is 2. The van der Waals surface area contributed by atoms with Crippen LogP contribution in [-0.2, 0) is 7.05 Å². The van der Waals surface area contributed by atoms with E-state index in [-0.39, 0.29) is 17.7 Å². The quantitative estimate of drug-likeness (QED) is 0.882. The molecule has 0 aliphatic heterocycles. The number of aliphatic hydroxyl groups excluding tert-OH is 1. The van der Waals surface area contributed by atoms with Crippen LogP contribution in [0.25, 0.3) is 0 Å². The summed E-state index contributed by atoms with van der Waals surface area (Å²) in [5, 5.41) is 16.8. The predicted molar refractivity (Wildman–Crippen MR) is 69.1 cm³/mol. The molecule has 94 valence electrons. The van der Waals surface area contributed by atoms with Crippen LogP contribution in [-0.4, -0.2) is 27.0 Å². The fourth-order valence-electron chi connectivity index (χ4n) is 2.26. The highest BCUT2D eigenvalue weighted by Crippen LogP contribution is 2.33. The zero-order valence-electron chi connectivity index (χ0n) is 9.74. The maximum absolute atomic E-state index is 11.7. The van der Waals surface area contributed by atoms with Gasteiger partial charge in [0.05, 0.1) is 24.0 Å². The molecule has 0 spiro atoms. The average Bonchev–Trinajstić information content (AvgIpc) is 2.79. The zero-order chi connectivity index (χ0) is 12.5. The molecule has 2 rings (SSSR count). The van der Waals surface area contributed by atoms with Crippen molar-refractivity contribution in [3.63, 3.8) is 0 Å². The van der Waals surface area contributed by atoms with Crippen molar-refractivity contribution in [2.75, 3.05) is 11.9 Å². The van der Waals surface area contributed by atoms with Crippen molar-refractivity contribution < 1.29 is 5.11 Å². The van der Waals surface area contributed by atoms with E-state index in [1.165, 1.54) is 4.68 Å². The summed E-state index contributed by atoms with van der Waals surface area (Å²) in [5.74, 6) is 0. The molecular weight excluding hydrogens is 286 g/mol. The van der Waals surface area contributed by atoms with Crippen LogP contribution < -0.4 is 10.9 Å². The molecule has 0 atom stereocenters. The molecule has 0 aromatic carbocycles. The summed E-state index contributed by atoms with van der Waals surface area (Å²) < 4.78 is 1.74. The third-order valence-electron chi connectivity index (χ3n) is 3.34. The molecule has 1 aromatic heterocycles. The molecule has 17 heavy (non-hydrogen) atoms. The molecule has 1 heterocycles. The first-order valence-electron chi connectivity index (χ1n) is 5.69. The maximum atomic E-state index is 11.7. The Morgan fingerprint density at radius 1 is 1.59 bits per heavy atom. The van der Waals surface area contributed by atoms with Crippen LogP contribution in [0.4, 0.5) is 5.69 Å². The Kier molecular flexibility index (Phi) is 3.53. The minimum atomic E-state index is -0.295. The van der Waals surface area contributed by atoms with Gasteiger partial charge >= 0.3 is 0 Å². The second-order valence-electron chi connectivity index (χ2n) is 4.57. The van der Waals surface area contributed by atoms with E-state index in [4.69, 9.17) is 0 Å². The molecule has 2 N–H and O–H groups in total. The third-order valence-corrected chi connectivity index (χ3v) is 4.11. The first kappa shape index (κ1) is 12.6. The van der Waals surface area contributed by atoms with Crippen molar-refractivity contribution in [3.05, 3.63) is 21.0 Å². The summed E-state index contributed by atoms with van der Waals surface area (Å²) in [5.41, 5.74) is 0.182. The largest absolute Gasteiger partial charge is 0.394 e. The average molecular weight is 302 g/mol. The van der Waals surface area contributed by atoms with Gasteiger partial charge in [0.25, 0.3) is 5.56 Å². The first-order valence-corrected chi connectivity index (χ1v) is 6.48. The lowest BCUT2D eigenvalue weighted by Gasteiger charge is -2.29. The van der Waals surface area contributed by atoms with Crippen LogP contribution in [0, 0.1) is 0 Å². The van der Waals surface area contributed by atoms with Gasteiger partial charge in [-0.2, -0.15) is 5.10 Å². The van der Waals surface area contributed by atoms with Crippen molar-refractivity contribution in [3.8, 4) is 0 Å². The Hall–Kier alpha value is -0.880. The monoisotopic (exact) mass is 301 g/mol. The lowest BCUT2D eigenvalue weighted by molar-refractivity contribution is 0.214. The number of hydrogen-bond donors (Lipinski definition) is 2. The Bertz CT molecular complexity index is 466. The molecule has 5 nitrogen and oxygen atoms in total. The number of nitrogens with zero attached hydrogens (tertiary/aromatic N) is 2. The summed E-state index contributed by atoms with van der Waals surface area (Å²) in [6, 6.07) is 0. The molecule has 0 radical (unpaired) electrons. The summed E-state index contributed by atoms with van der Waals surface area (Å²) >= 11 is 3.27. The number of hydrogen-bond acceptors (Lipinski definition) is 4. The Morgan fingerprint density at radius 2 is 2.24 bits per heavy atom. The minimum absolute atomic E-state index is 0.0780. The number of anilines is 1. The van der Waals surface area contributed by atoms with Crippen LogP contribution in [0.1, 0.15) is 25.7 Å². The second kappa shape index (κ2) is 4.78. The van der Waals surface area contributed by atoms with Gasteiger partial charge < -0.3 is 10.4 Å². The van der Waals surface area contributed by atoms with E-state index < -0.39 is 0 Å². The number of aliphatic hydroxyl groups is 1. The molecule has 1 aliphatic rings. The van der Waals surface area contributed by atoms with Gasteiger partial charge in [0.15, 0.2) is 0 Å². The van der Waals surface area contributed by atoms with Gasteiger partial charge in [0, 0.05) is 7.05 Å². The molecule has 6 heteroatoms. The van der Waals surface area contributed by atoms with Crippen LogP contribution in [0.5, 0.6) is 0 Å². The molecule has 0 amide bonds. The van der Waals surface area contributed by atoms with Gasteiger partial charge in [-0.3, -0.25) is 4.79 Å². The SMILES string of the molecule is Cn1ncc(NC2(CO)CCCC2)c(Br)c1=O. The molecule has 1 aliphatic carbocycles. The first-order chi connectivity index (χ1) is 8.08. The van der Waals surface area contributed by atoms with E-state index >= 15 is 0 Å². The summed E-state index contributed by atoms with van der Waals surface area (Å²) in [6.45, 7) is 0.0780. The highest BCUT2D eigenvalue weighted by atomic mass is 79.9. The van der Waals surface area contributed by atoms with E-state index in [2.05, 4.69) is 26.3 Å². The normalized spacial score (nSPS) is 18.3. The highest BCUT2D eigenvalue weighted by molar-refractivity contribution is 9.10. The lowest BCUT2D eigenvalue weighted by Crippen LogP contribution is -2.40. The van der Waals surface area contributed by atoms with Crippen LogP contribution in [0.3, 0.4) is 0 Å².